The minimum Gasteiger partial charge on any atom is -0.388 e. The molecular weight excluding hydrogens is 298 g/mol. The van der Waals surface area contributed by atoms with Crippen molar-refractivity contribution in [3.05, 3.63) is 22.4 Å². The van der Waals surface area contributed by atoms with Crippen molar-refractivity contribution in [3.8, 4) is 0 Å². The Kier molecular flexibility index (Phi) is 4.90. The van der Waals surface area contributed by atoms with E-state index in [-0.39, 0.29) is 13.0 Å². The lowest BCUT2D eigenvalue weighted by Gasteiger charge is -2.18. The van der Waals surface area contributed by atoms with Crippen LogP contribution in [-0.4, -0.2) is 44.7 Å². The highest BCUT2D eigenvalue weighted by Gasteiger charge is 2.27. The molecule has 1 N–H and O–H groups in total. The number of sulfonamides is 2. The molecule has 1 rings (SSSR count). The fraction of sp³-hybridized carbons (Fsp3) is 0.556. The Morgan fingerprint density at radius 2 is 1.83 bits per heavy atom. The van der Waals surface area contributed by atoms with Gasteiger partial charge in [0.1, 0.15) is 0 Å². The number of hydrogen-bond donors (Lipinski definition) is 1. The Bertz CT molecular complexity index is 544. The van der Waals surface area contributed by atoms with E-state index in [0.29, 0.717) is 8.59 Å². The Balaban J connectivity index is 2.76. The summed E-state index contributed by atoms with van der Waals surface area (Å²) in [6.45, 7) is -0.267. The molecule has 0 amide bonds. The summed E-state index contributed by atoms with van der Waals surface area (Å²) < 4.78 is 45.8. The third kappa shape index (κ3) is 4.32. The standard InChI is InChI=1S/C9H15NO5S3/c1-17(12,13)10(18(2,14)15)6-5-8(11)9-4-3-7-16-9/h3-4,7-8,11H,5-6H2,1-2H3/t8-/m0/s1. The second-order valence-corrected chi connectivity index (χ2v) is 8.87. The van der Waals surface area contributed by atoms with Crippen LogP contribution in [0.1, 0.15) is 17.4 Å². The van der Waals surface area contributed by atoms with Crippen LogP contribution in [0.25, 0.3) is 0 Å². The van der Waals surface area contributed by atoms with Crippen LogP contribution in [0.15, 0.2) is 17.5 Å². The maximum absolute atomic E-state index is 11.3. The molecule has 104 valence electrons. The van der Waals surface area contributed by atoms with Crippen molar-refractivity contribution in [1.82, 2.24) is 3.71 Å². The highest BCUT2D eigenvalue weighted by molar-refractivity contribution is 8.03. The van der Waals surface area contributed by atoms with E-state index in [1.807, 2.05) is 0 Å². The molecule has 0 fully saturated rings. The van der Waals surface area contributed by atoms with Gasteiger partial charge in [-0.3, -0.25) is 0 Å². The smallest absolute Gasteiger partial charge is 0.224 e. The summed E-state index contributed by atoms with van der Waals surface area (Å²) in [5.41, 5.74) is 0. The fourth-order valence-electron chi connectivity index (χ4n) is 1.43. The van der Waals surface area contributed by atoms with E-state index >= 15 is 0 Å². The molecular formula is C9H15NO5S3. The number of aliphatic hydroxyl groups is 1. The van der Waals surface area contributed by atoms with Crippen LogP contribution in [0.5, 0.6) is 0 Å². The minimum absolute atomic E-state index is 0.0284. The average molecular weight is 313 g/mol. The van der Waals surface area contributed by atoms with Crippen LogP contribution in [0, 0.1) is 0 Å². The highest BCUT2D eigenvalue weighted by Crippen LogP contribution is 2.22. The average Bonchev–Trinajstić information content (AvgIpc) is 2.65. The number of hydrogen-bond acceptors (Lipinski definition) is 6. The van der Waals surface area contributed by atoms with E-state index in [1.165, 1.54) is 11.3 Å². The third-order valence-corrected chi connectivity index (χ3v) is 6.64. The molecule has 0 unspecified atom stereocenters. The third-order valence-electron chi connectivity index (χ3n) is 2.20. The van der Waals surface area contributed by atoms with Gasteiger partial charge in [0.15, 0.2) is 0 Å². The molecule has 1 atom stereocenters. The predicted octanol–water partition coefficient (Wildman–Crippen LogP) is 0.393. The van der Waals surface area contributed by atoms with Crippen molar-refractivity contribution in [2.45, 2.75) is 12.5 Å². The van der Waals surface area contributed by atoms with Gasteiger partial charge < -0.3 is 5.11 Å². The zero-order valence-electron chi connectivity index (χ0n) is 9.98. The Morgan fingerprint density at radius 3 is 2.22 bits per heavy atom. The maximum Gasteiger partial charge on any atom is 0.224 e. The zero-order chi connectivity index (χ0) is 14.0. The Morgan fingerprint density at radius 1 is 1.28 bits per heavy atom. The first-order valence-electron chi connectivity index (χ1n) is 5.01. The first-order valence-corrected chi connectivity index (χ1v) is 9.59. The lowest BCUT2D eigenvalue weighted by molar-refractivity contribution is 0.168. The Hall–Kier alpha value is -0.480. The van der Waals surface area contributed by atoms with Gasteiger partial charge in [-0.05, 0) is 17.9 Å². The molecule has 0 aliphatic rings. The quantitative estimate of drug-likeness (QED) is 0.820. The summed E-state index contributed by atoms with van der Waals surface area (Å²) in [6.07, 6.45) is 0.814. The molecule has 6 nitrogen and oxygen atoms in total. The van der Waals surface area contributed by atoms with Gasteiger partial charge >= 0.3 is 0 Å². The number of aliphatic hydroxyl groups excluding tert-OH is 1. The van der Waals surface area contributed by atoms with Crippen molar-refractivity contribution in [3.63, 3.8) is 0 Å². The molecule has 0 aromatic carbocycles. The summed E-state index contributed by atoms with van der Waals surface area (Å²) >= 11 is 1.33. The molecule has 0 saturated heterocycles. The van der Waals surface area contributed by atoms with Gasteiger partial charge in [-0.2, -0.15) is 0 Å². The van der Waals surface area contributed by atoms with Gasteiger partial charge in [0.05, 0.1) is 18.6 Å². The first-order chi connectivity index (χ1) is 8.12. The van der Waals surface area contributed by atoms with E-state index in [9.17, 15) is 21.9 Å². The van der Waals surface area contributed by atoms with Crippen LogP contribution in [0.2, 0.25) is 0 Å². The lowest BCUT2D eigenvalue weighted by Crippen LogP contribution is -2.36. The second-order valence-electron chi connectivity index (χ2n) is 3.84. The molecule has 0 aliphatic carbocycles. The van der Waals surface area contributed by atoms with Gasteiger partial charge in [-0.1, -0.05) is 9.78 Å². The lowest BCUT2D eigenvalue weighted by atomic mass is 10.2. The van der Waals surface area contributed by atoms with Gasteiger partial charge in [0.2, 0.25) is 20.0 Å². The van der Waals surface area contributed by atoms with Crippen LogP contribution < -0.4 is 0 Å². The van der Waals surface area contributed by atoms with Gasteiger partial charge in [0, 0.05) is 11.4 Å². The summed E-state index contributed by atoms with van der Waals surface area (Å²) in [4.78, 5) is 0.678. The van der Waals surface area contributed by atoms with Crippen molar-refractivity contribution in [2.75, 3.05) is 19.1 Å². The van der Waals surface area contributed by atoms with E-state index < -0.39 is 26.2 Å². The fourth-order valence-corrected chi connectivity index (χ4v) is 5.02. The van der Waals surface area contributed by atoms with Crippen molar-refractivity contribution in [1.29, 1.82) is 0 Å². The summed E-state index contributed by atoms with van der Waals surface area (Å²) in [5.74, 6) is 0. The van der Waals surface area contributed by atoms with Crippen LogP contribution >= 0.6 is 11.3 Å². The molecule has 1 heterocycles. The molecule has 0 saturated carbocycles. The molecule has 1 aromatic rings. The van der Waals surface area contributed by atoms with E-state index in [4.69, 9.17) is 0 Å². The topological polar surface area (TPSA) is 91.8 Å². The Labute approximate surface area is 111 Å². The van der Waals surface area contributed by atoms with Gasteiger partial charge in [-0.15, -0.1) is 11.3 Å². The molecule has 9 heteroatoms. The van der Waals surface area contributed by atoms with Crippen LogP contribution in [-0.2, 0) is 20.0 Å². The van der Waals surface area contributed by atoms with Crippen molar-refractivity contribution >= 4 is 31.4 Å². The van der Waals surface area contributed by atoms with E-state index in [2.05, 4.69) is 0 Å². The normalized spacial score (nSPS) is 14.9. The number of nitrogens with zero attached hydrogens (tertiary/aromatic N) is 1. The molecule has 0 aliphatic heterocycles. The van der Waals surface area contributed by atoms with Gasteiger partial charge in [-0.25, -0.2) is 16.8 Å². The largest absolute Gasteiger partial charge is 0.388 e. The molecule has 18 heavy (non-hydrogen) atoms. The second kappa shape index (κ2) is 5.66. The van der Waals surface area contributed by atoms with Crippen LogP contribution in [0.4, 0.5) is 0 Å². The maximum atomic E-state index is 11.3. The van der Waals surface area contributed by atoms with Crippen molar-refractivity contribution in [2.24, 2.45) is 0 Å². The van der Waals surface area contributed by atoms with E-state index in [0.717, 1.165) is 12.5 Å². The SMILES string of the molecule is CS(=O)(=O)N(CC[C@H](O)c1cccs1)S(C)(=O)=O. The minimum atomic E-state index is -3.85. The van der Waals surface area contributed by atoms with E-state index in [1.54, 1.807) is 17.5 Å². The molecule has 0 radical (unpaired) electrons. The number of rotatable bonds is 6. The highest BCUT2D eigenvalue weighted by atomic mass is 32.3. The summed E-state index contributed by atoms with van der Waals surface area (Å²) in [6, 6.07) is 3.47. The first kappa shape index (κ1) is 15.6. The van der Waals surface area contributed by atoms with Crippen molar-refractivity contribution < 1.29 is 21.9 Å². The summed E-state index contributed by atoms with van der Waals surface area (Å²) in [7, 11) is -7.70. The molecule has 1 aromatic heterocycles. The molecule has 0 spiro atoms. The summed E-state index contributed by atoms with van der Waals surface area (Å²) in [5, 5.41) is 11.6. The number of thiophene rings is 1. The molecule has 0 bridgehead atoms. The van der Waals surface area contributed by atoms with Crippen LogP contribution in [0.3, 0.4) is 0 Å². The predicted molar refractivity (Wildman–Crippen MR) is 70.3 cm³/mol. The van der Waals surface area contributed by atoms with Gasteiger partial charge in [0.25, 0.3) is 0 Å². The zero-order valence-corrected chi connectivity index (χ0v) is 12.4. The monoisotopic (exact) mass is 313 g/mol.